The molecule has 0 radical (unpaired) electrons. The van der Waals surface area contributed by atoms with E-state index in [0.29, 0.717) is 49.9 Å². The van der Waals surface area contributed by atoms with Gasteiger partial charge in [0.1, 0.15) is 11.5 Å². The van der Waals surface area contributed by atoms with Crippen molar-refractivity contribution in [2.24, 2.45) is 16.3 Å². The Morgan fingerprint density at radius 1 is 1.03 bits per heavy atom. The average Bonchev–Trinajstić information content (AvgIpc) is 3.19. The second-order valence-electron chi connectivity index (χ2n) is 11.5. The van der Waals surface area contributed by atoms with Crippen LogP contribution in [0.1, 0.15) is 76.5 Å². The number of aliphatic hydroxyl groups excluding tert-OH is 1. The first-order valence-corrected chi connectivity index (χ1v) is 13.7. The van der Waals surface area contributed by atoms with Gasteiger partial charge in [0.15, 0.2) is 5.78 Å². The fraction of sp³-hybridized carbons (Fsp3) is 0.438. The molecule has 7 heteroatoms. The molecular weight excluding hydrogens is 492 g/mol. The molecule has 0 aromatic heterocycles. The maximum absolute atomic E-state index is 12.8. The molecule has 2 aromatic rings. The number of carboxylic acid groups (broad SMARTS) is 1. The summed E-state index contributed by atoms with van der Waals surface area (Å²) in [6.45, 7) is 6.17. The number of fused-ring (bicyclic) bond motifs is 3. The Labute approximate surface area is 230 Å². The topological polar surface area (TPSA) is 116 Å². The maximum atomic E-state index is 12.8. The molecule has 2 aromatic carbocycles. The summed E-state index contributed by atoms with van der Waals surface area (Å²) in [7, 11) is 0. The molecule has 206 valence electrons. The SMILES string of the molecule is CC(=NCCCC[C@@H](CC(=O)CNC1c2ccccc2-c2ccccc21)C(=O)O)C1=C(O)CC(C)(C)CC1=O. The van der Waals surface area contributed by atoms with E-state index in [0.717, 1.165) is 22.3 Å². The summed E-state index contributed by atoms with van der Waals surface area (Å²) in [5.74, 6) is -1.83. The van der Waals surface area contributed by atoms with Crippen LogP contribution in [0.25, 0.3) is 11.1 Å². The van der Waals surface area contributed by atoms with Gasteiger partial charge in [-0.2, -0.15) is 0 Å². The number of nitrogens with one attached hydrogen (secondary N) is 1. The van der Waals surface area contributed by atoms with Gasteiger partial charge in [-0.25, -0.2) is 0 Å². The van der Waals surface area contributed by atoms with Crippen LogP contribution < -0.4 is 5.32 Å². The minimum Gasteiger partial charge on any atom is -0.511 e. The van der Waals surface area contributed by atoms with Gasteiger partial charge in [-0.1, -0.05) is 68.8 Å². The van der Waals surface area contributed by atoms with Crippen LogP contribution in [0.2, 0.25) is 0 Å². The number of aliphatic hydroxyl groups is 1. The molecule has 2 aliphatic rings. The molecule has 0 amide bonds. The Balaban J connectivity index is 1.26. The molecule has 0 saturated carbocycles. The van der Waals surface area contributed by atoms with E-state index in [1.807, 2.05) is 38.1 Å². The molecule has 0 heterocycles. The summed E-state index contributed by atoms with van der Waals surface area (Å²) in [4.78, 5) is 41.6. The van der Waals surface area contributed by atoms with Gasteiger partial charge in [0.05, 0.1) is 24.1 Å². The van der Waals surface area contributed by atoms with E-state index in [2.05, 4.69) is 34.6 Å². The molecule has 3 N–H and O–H groups in total. The smallest absolute Gasteiger partial charge is 0.306 e. The number of aliphatic carboxylic acids is 1. The van der Waals surface area contributed by atoms with E-state index in [1.165, 1.54) is 0 Å². The van der Waals surface area contributed by atoms with E-state index in [1.54, 1.807) is 6.92 Å². The van der Waals surface area contributed by atoms with Crippen LogP contribution >= 0.6 is 0 Å². The Morgan fingerprint density at radius 3 is 2.23 bits per heavy atom. The molecular formula is C32H38N2O5. The number of Topliss-reactive ketones (excluding diaryl/α,β-unsaturated/α-hetero) is 2. The van der Waals surface area contributed by atoms with Gasteiger partial charge in [0.2, 0.25) is 0 Å². The van der Waals surface area contributed by atoms with Crippen molar-refractivity contribution in [2.75, 3.05) is 13.1 Å². The first kappa shape index (κ1) is 28.4. The van der Waals surface area contributed by atoms with Crippen LogP contribution in [0.5, 0.6) is 0 Å². The van der Waals surface area contributed by atoms with Crippen molar-refractivity contribution in [1.82, 2.24) is 5.32 Å². The van der Waals surface area contributed by atoms with Crippen LogP contribution in [0.15, 0.2) is 64.9 Å². The van der Waals surface area contributed by atoms with Crippen molar-refractivity contribution < 1.29 is 24.6 Å². The normalized spacial score (nSPS) is 17.6. The number of ketones is 2. The van der Waals surface area contributed by atoms with Crippen molar-refractivity contribution in [3.63, 3.8) is 0 Å². The molecule has 0 unspecified atom stereocenters. The average molecular weight is 531 g/mol. The van der Waals surface area contributed by atoms with Crippen molar-refractivity contribution in [3.8, 4) is 11.1 Å². The lowest BCUT2D eigenvalue weighted by Crippen LogP contribution is -2.29. The zero-order chi connectivity index (χ0) is 28.2. The number of aliphatic imine (C=N–C) groups is 1. The Bertz CT molecular complexity index is 1280. The lowest BCUT2D eigenvalue weighted by molar-refractivity contribution is -0.144. The molecule has 0 fully saturated rings. The fourth-order valence-corrected chi connectivity index (χ4v) is 5.78. The van der Waals surface area contributed by atoms with Crippen molar-refractivity contribution >= 4 is 23.2 Å². The van der Waals surface area contributed by atoms with Crippen LogP contribution in [0.3, 0.4) is 0 Å². The Morgan fingerprint density at radius 2 is 1.64 bits per heavy atom. The third-order valence-corrected chi connectivity index (χ3v) is 7.68. The molecule has 0 bridgehead atoms. The molecule has 0 aliphatic heterocycles. The quantitative estimate of drug-likeness (QED) is 0.235. The predicted octanol–water partition coefficient (Wildman–Crippen LogP) is 5.84. The third-order valence-electron chi connectivity index (χ3n) is 7.68. The van der Waals surface area contributed by atoms with Gasteiger partial charge in [-0.15, -0.1) is 0 Å². The van der Waals surface area contributed by atoms with E-state index >= 15 is 0 Å². The van der Waals surface area contributed by atoms with Gasteiger partial charge in [0, 0.05) is 31.5 Å². The first-order chi connectivity index (χ1) is 18.6. The van der Waals surface area contributed by atoms with E-state index in [9.17, 15) is 24.6 Å². The number of benzene rings is 2. The monoisotopic (exact) mass is 530 g/mol. The number of allylic oxidation sites excluding steroid dienone is 2. The van der Waals surface area contributed by atoms with E-state index < -0.39 is 11.9 Å². The fourth-order valence-electron chi connectivity index (χ4n) is 5.78. The number of unbranched alkanes of at least 4 members (excludes halogenated alkanes) is 1. The number of hydrogen-bond donors (Lipinski definition) is 3. The third kappa shape index (κ3) is 6.71. The molecule has 7 nitrogen and oxygen atoms in total. The Hall–Kier alpha value is -3.58. The van der Waals surface area contributed by atoms with Gasteiger partial charge < -0.3 is 10.2 Å². The van der Waals surface area contributed by atoms with Gasteiger partial charge >= 0.3 is 5.97 Å². The summed E-state index contributed by atoms with van der Waals surface area (Å²) in [6.07, 6.45) is 2.42. The summed E-state index contributed by atoms with van der Waals surface area (Å²) < 4.78 is 0. The summed E-state index contributed by atoms with van der Waals surface area (Å²) in [5, 5.41) is 23.4. The minimum absolute atomic E-state index is 0.0221. The van der Waals surface area contributed by atoms with Crippen molar-refractivity contribution in [3.05, 3.63) is 71.0 Å². The van der Waals surface area contributed by atoms with Crippen LogP contribution in [0.4, 0.5) is 0 Å². The van der Waals surface area contributed by atoms with Gasteiger partial charge in [0.25, 0.3) is 0 Å². The number of hydrogen-bond acceptors (Lipinski definition) is 6. The minimum atomic E-state index is -0.968. The highest BCUT2D eigenvalue weighted by atomic mass is 16.4. The van der Waals surface area contributed by atoms with Gasteiger partial charge in [-0.05, 0) is 47.4 Å². The van der Waals surface area contributed by atoms with Gasteiger partial charge in [-0.3, -0.25) is 24.7 Å². The molecule has 0 saturated heterocycles. The predicted molar refractivity (Wildman–Crippen MR) is 152 cm³/mol. The van der Waals surface area contributed by atoms with Crippen LogP contribution in [-0.2, 0) is 14.4 Å². The summed E-state index contributed by atoms with van der Waals surface area (Å²) >= 11 is 0. The molecule has 0 spiro atoms. The van der Waals surface area contributed by atoms with Crippen molar-refractivity contribution in [1.29, 1.82) is 0 Å². The number of nitrogens with zero attached hydrogens (tertiary/aromatic N) is 1. The standard InChI is InChI=1S/C32H38N2O5/c1-20(29-27(36)17-32(2,3)18-28(29)37)33-15-9-8-10-21(31(38)39)16-22(35)19-34-30-25-13-6-4-11-23(25)24-12-5-7-14-26(24)30/h4-7,11-14,21,30,34,36H,8-10,15-19H2,1-3H3,(H,38,39)/t21-/m0/s1. The maximum Gasteiger partial charge on any atom is 0.306 e. The lowest BCUT2D eigenvalue weighted by Gasteiger charge is -2.29. The number of carbonyl (C=O) groups excluding carboxylic acids is 2. The second-order valence-corrected chi connectivity index (χ2v) is 11.5. The molecule has 4 rings (SSSR count). The van der Waals surface area contributed by atoms with Crippen LogP contribution in [-0.4, -0.2) is 46.6 Å². The highest BCUT2D eigenvalue weighted by molar-refractivity contribution is 6.22. The van der Waals surface area contributed by atoms with Crippen LogP contribution in [0, 0.1) is 11.3 Å². The highest BCUT2D eigenvalue weighted by Crippen LogP contribution is 2.43. The lowest BCUT2D eigenvalue weighted by atomic mass is 9.76. The van der Waals surface area contributed by atoms with E-state index in [-0.39, 0.29) is 41.7 Å². The van der Waals surface area contributed by atoms with Crippen molar-refractivity contribution in [2.45, 2.75) is 65.3 Å². The zero-order valence-electron chi connectivity index (χ0n) is 23.0. The summed E-state index contributed by atoms with van der Waals surface area (Å²) in [6, 6.07) is 16.2. The second kappa shape index (κ2) is 12.1. The molecule has 2 aliphatic carbocycles. The molecule has 1 atom stereocenters. The Kier molecular flexibility index (Phi) is 8.80. The highest BCUT2D eigenvalue weighted by Gasteiger charge is 2.34. The number of carboxylic acids is 1. The molecule has 39 heavy (non-hydrogen) atoms. The first-order valence-electron chi connectivity index (χ1n) is 13.7. The number of rotatable bonds is 12. The summed E-state index contributed by atoms with van der Waals surface area (Å²) in [5.41, 5.74) is 5.16. The van der Waals surface area contributed by atoms with E-state index in [4.69, 9.17) is 0 Å². The number of carbonyl (C=O) groups is 3. The zero-order valence-corrected chi connectivity index (χ0v) is 23.0. The largest absolute Gasteiger partial charge is 0.511 e.